The Kier molecular flexibility index (Phi) is 5.26. The first kappa shape index (κ1) is 16.6. The zero-order chi connectivity index (χ0) is 16.2. The fourth-order valence-electron chi connectivity index (χ4n) is 2.17. The van der Waals surface area contributed by atoms with E-state index in [4.69, 9.17) is 0 Å². The molecule has 0 bridgehead atoms. The molecule has 3 nitrogen and oxygen atoms in total. The molecule has 0 spiro atoms. The van der Waals surface area contributed by atoms with Gasteiger partial charge in [0.15, 0.2) is 5.96 Å². The summed E-state index contributed by atoms with van der Waals surface area (Å²) in [7, 11) is 1.56. The molecule has 22 heavy (non-hydrogen) atoms. The van der Waals surface area contributed by atoms with Crippen LogP contribution in [0.15, 0.2) is 23.2 Å². The molecule has 1 aromatic rings. The number of rotatable bonds is 5. The van der Waals surface area contributed by atoms with Crippen molar-refractivity contribution < 1.29 is 17.6 Å². The Hall–Kier alpha value is -1.79. The highest BCUT2D eigenvalue weighted by molar-refractivity contribution is 5.79. The summed E-state index contributed by atoms with van der Waals surface area (Å²) in [6, 6.07) is 2.68. The maximum atomic E-state index is 13.0. The van der Waals surface area contributed by atoms with Crippen LogP contribution in [0.2, 0.25) is 0 Å². The van der Waals surface area contributed by atoms with Crippen molar-refractivity contribution in [3.05, 3.63) is 35.1 Å². The van der Waals surface area contributed by atoms with Crippen LogP contribution in [-0.4, -0.2) is 19.6 Å². The second kappa shape index (κ2) is 6.98. The highest BCUT2D eigenvalue weighted by Gasteiger charge is 2.33. The first-order chi connectivity index (χ1) is 10.4. The number of guanidine groups is 1. The molecule has 1 fully saturated rings. The van der Waals surface area contributed by atoms with Crippen LogP contribution in [0.25, 0.3) is 0 Å². The van der Waals surface area contributed by atoms with Gasteiger partial charge in [0.05, 0.1) is 5.56 Å². The minimum atomic E-state index is -4.58. The van der Waals surface area contributed by atoms with Gasteiger partial charge in [-0.25, -0.2) is 4.39 Å². The number of aliphatic imine (C=N–C) groups is 1. The fourth-order valence-corrected chi connectivity index (χ4v) is 2.17. The second-order valence-electron chi connectivity index (χ2n) is 5.38. The van der Waals surface area contributed by atoms with E-state index in [0.29, 0.717) is 12.0 Å². The van der Waals surface area contributed by atoms with E-state index < -0.39 is 17.6 Å². The van der Waals surface area contributed by atoms with Gasteiger partial charge in [0.25, 0.3) is 0 Å². The Bertz CT molecular complexity index is 536. The van der Waals surface area contributed by atoms with Gasteiger partial charge in [-0.3, -0.25) is 4.99 Å². The summed E-state index contributed by atoms with van der Waals surface area (Å²) in [4.78, 5) is 3.97. The number of nitrogens with zero attached hydrogens (tertiary/aromatic N) is 1. The Labute approximate surface area is 126 Å². The van der Waals surface area contributed by atoms with Gasteiger partial charge in [-0.15, -0.1) is 0 Å². The van der Waals surface area contributed by atoms with E-state index in [0.717, 1.165) is 31.0 Å². The molecule has 0 atom stereocenters. The van der Waals surface area contributed by atoms with Gasteiger partial charge in [-0.2, -0.15) is 13.2 Å². The minimum absolute atomic E-state index is 0.0148. The lowest BCUT2D eigenvalue weighted by molar-refractivity contribution is -0.138. The van der Waals surface area contributed by atoms with Crippen LogP contribution in [0.3, 0.4) is 0 Å². The number of hydrogen-bond donors (Lipinski definition) is 2. The fraction of sp³-hybridized carbons (Fsp3) is 0.533. The van der Waals surface area contributed by atoms with Gasteiger partial charge in [-0.05, 0) is 30.0 Å². The summed E-state index contributed by atoms with van der Waals surface area (Å²) in [5.41, 5.74) is -0.979. The van der Waals surface area contributed by atoms with Crippen LogP contribution in [0.5, 0.6) is 0 Å². The standard InChI is InChI=1S/C15H19F4N3/c1-20-14(21-7-6-10-2-3-10)22-9-11-4-5-12(16)8-13(11)15(17,18)19/h4-5,8,10H,2-3,6-7,9H2,1H3,(H2,20,21,22). The lowest BCUT2D eigenvalue weighted by Gasteiger charge is -2.16. The normalized spacial score (nSPS) is 15.8. The molecular weight excluding hydrogens is 298 g/mol. The maximum Gasteiger partial charge on any atom is 0.416 e. The lowest BCUT2D eigenvalue weighted by atomic mass is 10.1. The van der Waals surface area contributed by atoms with Gasteiger partial charge in [-0.1, -0.05) is 18.9 Å². The van der Waals surface area contributed by atoms with E-state index in [9.17, 15) is 17.6 Å². The van der Waals surface area contributed by atoms with Crippen LogP contribution in [-0.2, 0) is 12.7 Å². The van der Waals surface area contributed by atoms with E-state index in [2.05, 4.69) is 15.6 Å². The van der Waals surface area contributed by atoms with Crippen molar-refractivity contribution in [2.24, 2.45) is 10.9 Å². The van der Waals surface area contributed by atoms with E-state index in [-0.39, 0.29) is 12.1 Å². The summed E-state index contributed by atoms with van der Waals surface area (Å²) in [5, 5.41) is 5.89. The van der Waals surface area contributed by atoms with Crippen LogP contribution in [0, 0.1) is 11.7 Å². The Morgan fingerprint density at radius 2 is 2.00 bits per heavy atom. The third kappa shape index (κ3) is 4.89. The summed E-state index contributed by atoms with van der Waals surface area (Å²) in [5.74, 6) is 0.306. The topological polar surface area (TPSA) is 36.4 Å². The van der Waals surface area contributed by atoms with Crippen LogP contribution in [0.1, 0.15) is 30.4 Å². The molecule has 1 aliphatic carbocycles. The highest BCUT2D eigenvalue weighted by Crippen LogP contribution is 2.32. The average molecular weight is 317 g/mol. The molecule has 0 saturated heterocycles. The van der Waals surface area contributed by atoms with Crippen LogP contribution < -0.4 is 10.6 Å². The molecule has 122 valence electrons. The van der Waals surface area contributed by atoms with Crippen LogP contribution in [0.4, 0.5) is 17.6 Å². The van der Waals surface area contributed by atoms with Crippen molar-refractivity contribution in [1.29, 1.82) is 0 Å². The summed E-state index contributed by atoms with van der Waals surface area (Å²) >= 11 is 0. The highest BCUT2D eigenvalue weighted by atomic mass is 19.4. The molecule has 2 rings (SSSR count). The average Bonchev–Trinajstić information content (AvgIpc) is 3.26. The van der Waals surface area contributed by atoms with Crippen molar-refractivity contribution in [3.8, 4) is 0 Å². The van der Waals surface area contributed by atoms with Crippen molar-refractivity contribution >= 4 is 5.96 Å². The smallest absolute Gasteiger partial charge is 0.356 e. The van der Waals surface area contributed by atoms with E-state index >= 15 is 0 Å². The Balaban J connectivity index is 1.94. The SMILES string of the molecule is CN=C(NCCC1CC1)NCc1ccc(F)cc1C(F)(F)F. The van der Waals surface area contributed by atoms with Gasteiger partial charge in [0.1, 0.15) is 5.82 Å². The van der Waals surface area contributed by atoms with Crippen molar-refractivity contribution in [2.75, 3.05) is 13.6 Å². The lowest BCUT2D eigenvalue weighted by Crippen LogP contribution is -2.37. The molecule has 0 amide bonds. The molecule has 1 saturated carbocycles. The predicted molar refractivity (Wildman–Crippen MR) is 76.9 cm³/mol. The summed E-state index contributed by atoms with van der Waals surface area (Å²) in [6.45, 7) is 0.665. The first-order valence-corrected chi connectivity index (χ1v) is 7.20. The van der Waals surface area contributed by atoms with Gasteiger partial charge >= 0.3 is 6.18 Å². The number of hydrogen-bond acceptors (Lipinski definition) is 1. The largest absolute Gasteiger partial charge is 0.416 e. The monoisotopic (exact) mass is 317 g/mol. The number of nitrogens with one attached hydrogen (secondary N) is 2. The molecule has 0 unspecified atom stereocenters. The molecule has 0 aliphatic heterocycles. The van der Waals surface area contributed by atoms with E-state index in [1.165, 1.54) is 12.8 Å². The van der Waals surface area contributed by atoms with Gasteiger partial charge in [0, 0.05) is 20.1 Å². The molecule has 2 N–H and O–H groups in total. The molecule has 1 aliphatic rings. The summed E-state index contributed by atoms with van der Waals surface area (Å²) < 4.78 is 51.7. The maximum absolute atomic E-state index is 13.0. The molecule has 7 heteroatoms. The first-order valence-electron chi connectivity index (χ1n) is 7.20. The third-order valence-corrected chi connectivity index (χ3v) is 3.59. The minimum Gasteiger partial charge on any atom is -0.356 e. The van der Waals surface area contributed by atoms with Crippen molar-refractivity contribution in [3.63, 3.8) is 0 Å². The number of halogens is 4. The number of benzene rings is 1. The van der Waals surface area contributed by atoms with Crippen LogP contribution >= 0.6 is 0 Å². The molecule has 0 aromatic heterocycles. The molecule has 0 radical (unpaired) electrons. The Morgan fingerprint density at radius 3 is 2.59 bits per heavy atom. The van der Waals surface area contributed by atoms with E-state index in [1.54, 1.807) is 7.05 Å². The van der Waals surface area contributed by atoms with E-state index in [1.807, 2.05) is 0 Å². The quantitative estimate of drug-likeness (QED) is 0.497. The third-order valence-electron chi connectivity index (χ3n) is 3.59. The number of alkyl halides is 3. The van der Waals surface area contributed by atoms with Crippen molar-refractivity contribution in [1.82, 2.24) is 10.6 Å². The van der Waals surface area contributed by atoms with Gasteiger partial charge in [0.2, 0.25) is 0 Å². The van der Waals surface area contributed by atoms with Gasteiger partial charge < -0.3 is 10.6 Å². The molecule has 0 heterocycles. The zero-order valence-corrected chi connectivity index (χ0v) is 12.3. The molecule has 1 aromatic carbocycles. The Morgan fingerprint density at radius 1 is 1.27 bits per heavy atom. The second-order valence-corrected chi connectivity index (χ2v) is 5.38. The summed E-state index contributed by atoms with van der Waals surface area (Å²) in [6.07, 6.45) is -1.05. The zero-order valence-electron chi connectivity index (χ0n) is 12.3. The molecular formula is C15H19F4N3. The predicted octanol–water partition coefficient (Wildman–Crippen LogP) is 3.31. The van der Waals surface area contributed by atoms with Crippen molar-refractivity contribution in [2.45, 2.75) is 32.0 Å².